The molecule has 0 bridgehead atoms. The van der Waals surface area contributed by atoms with Gasteiger partial charge in [-0.25, -0.2) is 4.98 Å². The second kappa shape index (κ2) is 7.90. The minimum atomic E-state index is -4.43. The summed E-state index contributed by atoms with van der Waals surface area (Å²) >= 11 is 0. The van der Waals surface area contributed by atoms with E-state index in [0.29, 0.717) is 11.4 Å². The normalized spacial score (nSPS) is 11.4. The highest BCUT2D eigenvalue weighted by Crippen LogP contribution is 2.30. The number of rotatable bonds is 5. The van der Waals surface area contributed by atoms with Crippen molar-refractivity contribution in [2.75, 3.05) is 5.32 Å². The third kappa shape index (κ3) is 4.27. The quantitative estimate of drug-likeness (QED) is 0.492. The molecule has 0 unspecified atom stereocenters. The van der Waals surface area contributed by atoms with Crippen LogP contribution in [-0.4, -0.2) is 15.3 Å². The van der Waals surface area contributed by atoms with Crippen LogP contribution < -0.4 is 10.1 Å². The molecule has 1 amide bonds. The predicted molar refractivity (Wildman–Crippen MR) is 105 cm³/mol. The topological polar surface area (TPSA) is 55.6 Å². The number of anilines is 1. The first kappa shape index (κ1) is 19.5. The van der Waals surface area contributed by atoms with Crippen LogP contribution in [0.4, 0.5) is 18.9 Å². The lowest BCUT2D eigenvalue weighted by Gasteiger charge is -2.12. The molecule has 2 aromatic carbocycles. The van der Waals surface area contributed by atoms with Gasteiger partial charge in [-0.15, -0.1) is 0 Å². The van der Waals surface area contributed by atoms with Crippen molar-refractivity contribution in [3.8, 4) is 5.75 Å². The van der Waals surface area contributed by atoms with Crippen LogP contribution >= 0.6 is 0 Å². The fourth-order valence-corrected chi connectivity index (χ4v) is 2.93. The number of carbonyl (C=O) groups excluding carboxylic acids is 1. The number of alkyl halides is 3. The minimum Gasteiger partial charge on any atom is -0.486 e. The summed E-state index contributed by atoms with van der Waals surface area (Å²) in [6.45, 7) is 0.159. The van der Waals surface area contributed by atoms with Crippen molar-refractivity contribution in [3.05, 3.63) is 95.9 Å². The fourth-order valence-electron chi connectivity index (χ4n) is 2.93. The zero-order valence-electron chi connectivity index (χ0n) is 15.6. The number of hydrogen-bond donors (Lipinski definition) is 1. The van der Waals surface area contributed by atoms with Crippen molar-refractivity contribution >= 4 is 17.2 Å². The molecule has 2 heterocycles. The monoisotopic (exact) mass is 411 g/mol. The van der Waals surface area contributed by atoms with E-state index in [9.17, 15) is 18.0 Å². The highest BCUT2D eigenvalue weighted by molar-refractivity contribution is 6.06. The van der Waals surface area contributed by atoms with Gasteiger partial charge in [0, 0.05) is 18.1 Å². The Morgan fingerprint density at radius 1 is 1.00 bits per heavy atom. The van der Waals surface area contributed by atoms with Gasteiger partial charge < -0.3 is 14.5 Å². The first-order valence-electron chi connectivity index (χ1n) is 9.03. The Bertz CT molecular complexity index is 1150. The number of halogens is 3. The minimum absolute atomic E-state index is 0.159. The number of amides is 1. The van der Waals surface area contributed by atoms with Gasteiger partial charge in [-0.1, -0.05) is 18.2 Å². The van der Waals surface area contributed by atoms with Gasteiger partial charge in [0.15, 0.2) is 0 Å². The fraction of sp³-hybridized carbons (Fsp3) is 0.0909. The largest absolute Gasteiger partial charge is 0.486 e. The van der Waals surface area contributed by atoms with Gasteiger partial charge in [-0.2, -0.15) is 13.2 Å². The van der Waals surface area contributed by atoms with Gasteiger partial charge >= 0.3 is 6.18 Å². The maximum Gasteiger partial charge on any atom is 0.416 e. The molecule has 0 saturated carbocycles. The van der Waals surface area contributed by atoms with Crippen LogP contribution in [0.15, 0.2) is 79.1 Å². The van der Waals surface area contributed by atoms with Gasteiger partial charge in [0.25, 0.3) is 5.91 Å². The molecule has 0 aliphatic rings. The number of aromatic nitrogens is 2. The van der Waals surface area contributed by atoms with Gasteiger partial charge in [-0.05, 0) is 48.5 Å². The third-order valence-electron chi connectivity index (χ3n) is 4.39. The number of nitrogens with one attached hydrogen (secondary N) is 1. The summed E-state index contributed by atoms with van der Waals surface area (Å²) in [6, 6.07) is 16.5. The lowest BCUT2D eigenvalue weighted by atomic mass is 10.1. The number of fused-ring (bicyclic) bond motifs is 1. The lowest BCUT2D eigenvalue weighted by Crippen LogP contribution is -2.14. The molecular formula is C22H16F3N3O2. The van der Waals surface area contributed by atoms with Crippen molar-refractivity contribution in [2.24, 2.45) is 0 Å². The summed E-state index contributed by atoms with van der Waals surface area (Å²) in [5, 5.41) is 2.59. The van der Waals surface area contributed by atoms with E-state index in [-0.39, 0.29) is 17.9 Å². The SMILES string of the molecule is O=C(Nc1ccc(C(F)(F)F)cc1)c1ccccc1OCc1cn2ccccc2n1. The van der Waals surface area contributed by atoms with E-state index in [4.69, 9.17) is 4.74 Å². The summed E-state index contributed by atoms with van der Waals surface area (Å²) < 4.78 is 45.7. The molecule has 1 N–H and O–H groups in total. The third-order valence-corrected chi connectivity index (χ3v) is 4.39. The van der Waals surface area contributed by atoms with Gasteiger partial charge in [0.1, 0.15) is 18.0 Å². The zero-order chi connectivity index (χ0) is 21.1. The number of ether oxygens (including phenoxy) is 1. The van der Waals surface area contributed by atoms with E-state index in [1.165, 1.54) is 12.1 Å². The number of pyridine rings is 1. The summed E-state index contributed by atoms with van der Waals surface area (Å²) in [6.07, 6.45) is -0.724. The summed E-state index contributed by atoms with van der Waals surface area (Å²) in [4.78, 5) is 17.1. The van der Waals surface area contributed by atoms with E-state index in [0.717, 1.165) is 17.8 Å². The molecule has 152 valence electrons. The first-order chi connectivity index (χ1) is 14.4. The second-order valence-electron chi connectivity index (χ2n) is 6.51. The number of benzene rings is 2. The maximum absolute atomic E-state index is 12.7. The summed E-state index contributed by atoms with van der Waals surface area (Å²) in [7, 11) is 0. The van der Waals surface area contributed by atoms with Gasteiger partial charge in [-0.3, -0.25) is 4.79 Å². The maximum atomic E-state index is 12.7. The zero-order valence-corrected chi connectivity index (χ0v) is 15.6. The van der Waals surface area contributed by atoms with Gasteiger partial charge in [0.05, 0.1) is 16.8 Å². The average molecular weight is 411 g/mol. The number of carbonyl (C=O) groups is 1. The molecular weight excluding hydrogens is 395 g/mol. The lowest BCUT2D eigenvalue weighted by molar-refractivity contribution is -0.137. The molecule has 4 aromatic rings. The highest BCUT2D eigenvalue weighted by atomic mass is 19.4. The molecule has 4 rings (SSSR count). The Hall–Kier alpha value is -3.81. The Labute approximate surface area is 169 Å². The molecule has 5 nitrogen and oxygen atoms in total. The van der Waals surface area contributed by atoms with Crippen LogP contribution in [0, 0.1) is 0 Å². The predicted octanol–water partition coefficient (Wildman–Crippen LogP) is 5.18. The average Bonchev–Trinajstić information content (AvgIpc) is 3.15. The van der Waals surface area contributed by atoms with Crippen LogP contribution in [0.2, 0.25) is 0 Å². The van der Waals surface area contributed by atoms with E-state index in [1.54, 1.807) is 24.3 Å². The van der Waals surface area contributed by atoms with E-state index < -0.39 is 17.6 Å². The number of imidazole rings is 1. The molecule has 0 radical (unpaired) electrons. The molecule has 0 aliphatic carbocycles. The summed E-state index contributed by atoms with van der Waals surface area (Å²) in [5.74, 6) is -0.140. The molecule has 2 aromatic heterocycles. The molecule has 8 heteroatoms. The second-order valence-corrected chi connectivity index (χ2v) is 6.51. The molecule has 0 fully saturated rings. The van der Waals surface area contributed by atoms with E-state index >= 15 is 0 Å². The first-order valence-corrected chi connectivity index (χ1v) is 9.03. The van der Waals surface area contributed by atoms with Crippen LogP contribution in [0.25, 0.3) is 5.65 Å². The van der Waals surface area contributed by atoms with Crippen molar-refractivity contribution < 1.29 is 22.7 Å². The number of nitrogens with zero attached hydrogens (tertiary/aromatic N) is 2. The van der Waals surface area contributed by atoms with Crippen molar-refractivity contribution in [1.82, 2.24) is 9.38 Å². The van der Waals surface area contributed by atoms with E-state index in [1.807, 2.05) is 35.0 Å². The Kier molecular flexibility index (Phi) is 5.14. The smallest absolute Gasteiger partial charge is 0.416 e. The summed E-state index contributed by atoms with van der Waals surface area (Å²) in [5.41, 5.74) is 1.21. The van der Waals surface area contributed by atoms with Crippen molar-refractivity contribution in [2.45, 2.75) is 12.8 Å². The number of hydrogen-bond acceptors (Lipinski definition) is 3. The van der Waals surface area contributed by atoms with Crippen molar-refractivity contribution in [3.63, 3.8) is 0 Å². The van der Waals surface area contributed by atoms with Crippen LogP contribution in [0.3, 0.4) is 0 Å². The molecule has 0 atom stereocenters. The molecule has 0 saturated heterocycles. The standard InChI is InChI=1S/C22H16F3N3O2/c23-22(24,25)15-8-10-16(11-9-15)27-21(29)18-5-1-2-6-19(18)30-14-17-13-28-12-4-3-7-20(28)26-17/h1-13H,14H2,(H,27,29). The molecule has 0 aliphatic heterocycles. The molecule has 0 spiro atoms. The Balaban J connectivity index is 1.47. The van der Waals surface area contributed by atoms with Crippen molar-refractivity contribution in [1.29, 1.82) is 0 Å². The Morgan fingerprint density at radius 3 is 2.47 bits per heavy atom. The number of para-hydroxylation sites is 1. The highest BCUT2D eigenvalue weighted by Gasteiger charge is 2.30. The van der Waals surface area contributed by atoms with Crippen LogP contribution in [0.5, 0.6) is 5.75 Å². The van der Waals surface area contributed by atoms with Crippen LogP contribution in [0.1, 0.15) is 21.6 Å². The van der Waals surface area contributed by atoms with Crippen LogP contribution in [-0.2, 0) is 12.8 Å². The molecule has 30 heavy (non-hydrogen) atoms. The van der Waals surface area contributed by atoms with Gasteiger partial charge in [0.2, 0.25) is 0 Å². The Morgan fingerprint density at radius 2 is 1.73 bits per heavy atom. The van der Waals surface area contributed by atoms with E-state index in [2.05, 4.69) is 10.3 Å².